The first kappa shape index (κ1) is 21.1. The summed E-state index contributed by atoms with van der Waals surface area (Å²) in [5.74, 6) is 0.0298. The number of furan rings is 1. The van der Waals surface area contributed by atoms with Gasteiger partial charge < -0.3 is 18.6 Å². The van der Waals surface area contributed by atoms with Gasteiger partial charge in [0.15, 0.2) is 17.2 Å². The van der Waals surface area contributed by atoms with E-state index in [4.69, 9.17) is 18.6 Å². The normalized spacial score (nSPS) is 14.4. The summed E-state index contributed by atoms with van der Waals surface area (Å²) in [4.78, 5) is 29.1. The fourth-order valence-electron chi connectivity index (χ4n) is 2.74. The highest BCUT2D eigenvalue weighted by molar-refractivity contribution is 9.11. The van der Waals surface area contributed by atoms with Gasteiger partial charge in [-0.3, -0.25) is 0 Å². The maximum absolute atomic E-state index is 12.7. The van der Waals surface area contributed by atoms with Crippen LogP contribution in [-0.2, 0) is 9.53 Å². The van der Waals surface area contributed by atoms with E-state index in [2.05, 4.69) is 36.9 Å². The molecule has 0 unspecified atom stereocenters. The van der Waals surface area contributed by atoms with Crippen LogP contribution in [0.4, 0.5) is 0 Å². The lowest BCUT2D eigenvalue weighted by Gasteiger charge is -2.11. The molecule has 2 aromatic carbocycles. The SMILES string of the molecule is COc1ccc(C(=O)Oc2c(Br)cc(Br)cc2/C=C2/N=C(c3ccco3)OC2=O)cc1. The largest absolute Gasteiger partial charge is 0.497 e. The van der Waals surface area contributed by atoms with E-state index in [9.17, 15) is 9.59 Å². The fraction of sp³-hybridized carbons (Fsp3) is 0.0455. The van der Waals surface area contributed by atoms with Gasteiger partial charge in [0, 0.05) is 10.0 Å². The number of hydrogen-bond donors (Lipinski definition) is 0. The molecular weight excluding hydrogens is 534 g/mol. The Morgan fingerprint density at radius 3 is 2.58 bits per heavy atom. The Hall–Kier alpha value is -3.17. The molecule has 31 heavy (non-hydrogen) atoms. The lowest BCUT2D eigenvalue weighted by atomic mass is 10.1. The first-order chi connectivity index (χ1) is 14.9. The first-order valence-corrected chi connectivity index (χ1v) is 10.4. The summed E-state index contributed by atoms with van der Waals surface area (Å²) in [6.07, 6.45) is 2.93. The summed E-state index contributed by atoms with van der Waals surface area (Å²) in [5, 5.41) is 0. The lowest BCUT2D eigenvalue weighted by molar-refractivity contribution is -0.130. The minimum absolute atomic E-state index is 0.0400. The zero-order chi connectivity index (χ0) is 22.0. The van der Waals surface area contributed by atoms with Crippen LogP contribution in [-0.4, -0.2) is 24.9 Å². The number of nitrogens with zero attached hydrogens (tertiary/aromatic N) is 1. The predicted octanol–water partition coefficient (Wildman–Crippen LogP) is 5.38. The van der Waals surface area contributed by atoms with Gasteiger partial charge in [-0.15, -0.1) is 0 Å². The molecule has 0 spiro atoms. The number of aliphatic imine (C=N–C) groups is 1. The van der Waals surface area contributed by atoms with Crippen molar-refractivity contribution in [3.63, 3.8) is 0 Å². The van der Waals surface area contributed by atoms with Crippen LogP contribution in [0.2, 0.25) is 0 Å². The van der Waals surface area contributed by atoms with Gasteiger partial charge in [-0.25, -0.2) is 14.6 Å². The molecule has 0 bridgehead atoms. The standard InChI is InChI=1S/C22H13Br2NO6/c1-28-15-6-4-12(5-7-15)21(26)30-19-13(9-14(23)11-16(19)24)10-17-22(27)31-20(25-17)18-3-2-8-29-18/h2-11H,1H3/b17-10+. The number of rotatable bonds is 5. The molecule has 3 aromatic rings. The minimum Gasteiger partial charge on any atom is -0.497 e. The van der Waals surface area contributed by atoms with Crippen molar-refractivity contribution in [3.05, 3.63) is 86.3 Å². The fourth-order valence-corrected chi connectivity index (χ4v) is 4.08. The average molecular weight is 547 g/mol. The Bertz CT molecular complexity index is 1210. The molecule has 0 radical (unpaired) electrons. The molecular formula is C22H13Br2NO6. The highest BCUT2D eigenvalue weighted by atomic mass is 79.9. The number of halogens is 2. The van der Waals surface area contributed by atoms with Crippen molar-refractivity contribution >= 4 is 55.8 Å². The van der Waals surface area contributed by atoms with Crippen molar-refractivity contribution in [1.82, 2.24) is 0 Å². The zero-order valence-electron chi connectivity index (χ0n) is 15.9. The second-order valence-electron chi connectivity index (χ2n) is 6.24. The molecule has 0 atom stereocenters. The van der Waals surface area contributed by atoms with Crippen LogP contribution in [0.25, 0.3) is 6.08 Å². The number of esters is 2. The summed E-state index contributed by atoms with van der Waals surface area (Å²) in [5.41, 5.74) is 0.824. The van der Waals surface area contributed by atoms with E-state index in [1.54, 1.807) is 55.6 Å². The summed E-state index contributed by atoms with van der Waals surface area (Å²) in [6.45, 7) is 0. The smallest absolute Gasteiger partial charge is 0.363 e. The maximum Gasteiger partial charge on any atom is 0.363 e. The molecule has 0 aliphatic carbocycles. The molecule has 1 aliphatic heterocycles. The quantitative estimate of drug-likeness (QED) is 0.243. The molecule has 1 aliphatic rings. The third-order valence-corrected chi connectivity index (χ3v) is 5.25. The number of methoxy groups -OCH3 is 1. The summed E-state index contributed by atoms with van der Waals surface area (Å²) < 4.78 is 22.3. The van der Waals surface area contributed by atoms with Gasteiger partial charge in [0.1, 0.15) is 5.75 Å². The van der Waals surface area contributed by atoms with Crippen LogP contribution >= 0.6 is 31.9 Å². The minimum atomic E-state index is -0.644. The van der Waals surface area contributed by atoms with Crippen LogP contribution < -0.4 is 9.47 Å². The molecule has 0 N–H and O–H groups in total. The Morgan fingerprint density at radius 1 is 1.13 bits per heavy atom. The van der Waals surface area contributed by atoms with Gasteiger partial charge in [0.25, 0.3) is 5.90 Å². The van der Waals surface area contributed by atoms with E-state index < -0.39 is 11.9 Å². The zero-order valence-corrected chi connectivity index (χ0v) is 19.1. The van der Waals surface area contributed by atoms with Crippen LogP contribution in [0.3, 0.4) is 0 Å². The molecule has 0 saturated carbocycles. The highest BCUT2D eigenvalue weighted by Crippen LogP contribution is 2.36. The molecule has 0 fully saturated rings. The van der Waals surface area contributed by atoms with Gasteiger partial charge in [-0.05, 0) is 70.5 Å². The van der Waals surface area contributed by atoms with Crippen molar-refractivity contribution in [2.24, 2.45) is 4.99 Å². The third kappa shape index (κ3) is 4.62. The van der Waals surface area contributed by atoms with Crippen molar-refractivity contribution in [2.75, 3.05) is 7.11 Å². The number of hydrogen-bond acceptors (Lipinski definition) is 7. The van der Waals surface area contributed by atoms with Crippen LogP contribution in [0.15, 0.2) is 78.8 Å². The van der Waals surface area contributed by atoms with E-state index in [-0.39, 0.29) is 17.3 Å². The second-order valence-corrected chi connectivity index (χ2v) is 8.01. The van der Waals surface area contributed by atoms with Crippen LogP contribution in [0.1, 0.15) is 21.7 Å². The van der Waals surface area contributed by atoms with Crippen molar-refractivity contribution in [1.29, 1.82) is 0 Å². The first-order valence-electron chi connectivity index (χ1n) is 8.86. The number of benzene rings is 2. The third-order valence-electron chi connectivity index (χ3n) is 4.20. The molecule has 9 heteroatoms. The Balaban J connectivity index is 1.68. The van der Waals surface area contributed by atoms with E-state index in [1.807, 2.05) is 0 Å². The molecule has 156 valence electrons. The van der Waals surface area contributed by atoms with Crippen molar-refractivity contribution in [2.45, 2.75) is 0 Å². The number of cyclic esters (lactones) is 1. The molecule has 2 heterocycles. The Kier molecular flexibility index (Phi) is 6.06. The number of carbonyl (C=O) groups excluding carboxylic acids is 2. The van der Waals surface area contributed by atoms with Gasteiger partial charge in [-0.2, -0.15) is 0 Å². The Labute approximate surface area is 193 Å². The molecule has 0 saturated heterocycles. The van der Waals surface area contributed by atoms with Gasteiger partial charge in [0.05, 0.1) is 23.4 Å². The van der Waals surface area contributed by atoms with Gasteiger partial charge in [-0.1, -0.05) is 15.9 Å². The highest BCUT2D eigenvalue weighted by Gasteiger charge is 2.27. The molecule has 1 aromatic heterocycles. The van der Waals surface area contributed by atoms with E-state index >= 15 is 0 Å². The second kappa shape index (κ2) is 8.91. The summed E-state index contributed by atoms with van der Waals surface area (Å²) in [7, 11) is 1.54. The average Bonchev–Trinajstić information content (AvgIpc) is 3.41. The van der Waals surface area contributed by atoms with Crippen LogP contribution in [0, 0.1) is 0 Å². The summed E-state index contributed by atoms with van der Waals surface area (Å²) >= 11 is 6.81. The maximum atomic E-state index is 12.7. The topological polar surface area (TPSA) is 87.3 Å². The monoisotopic (exact) mass is 545 g/mol. The van der Waals surface area contributed by atoms with Crippen LogP contribution in [0.5, 0.6) is 11.5 Å². The summed E-state index contributed by atoms with van der Waals surface area (Å²) in [6, 6.07) is 13.2. The van der Waals surface area contributed by atoms with E-state index in [0.717, 1.165) is 0 Å². The van der Waals surface area contributed by atoms with Gasteiger partial charge in [0.2, 0.25) is 0 Å². The van der Waals surface area contributed by atoms with Crippen molar-refractivity contribution in [3.8, 4) is 11.5 Å². The number of carbonyl (C=O) groups is 2. The molecule has 0 amide bonds. The Morgan fingerprint density at radius 2 is 1.90 bits per heavy atom. The molecule has 7 nitrogen and oxygen atoms in total. The van der Waals surface area contributed by atoms with Crippen molar-refractivity contribution < 1.29 is 28.2 Å². The van der Waals surface area contributed by atoms with E-state index in [1.165, 1.54) is 12.3 Å². The van der Waals surface area contributed by atoms with E-state index in [0.29, 0.717) is 31.6 Å². The predicted molar refractivity (Wildman–Crippen MR) is 119 cm³/mol. The lowest BCUT2D eigenvalue weighted by Crippen LogP contribution is -2.10. The van der Waals surface area contributed by atoms with Gasteiger partial charge >= 0.3 is 11.9 Å². The number of ether oxygens (including phenoxy) is 3. The molecule has 4 rings (SSSR count).